The Morgan fingerprint density at radius 3 is 2.40 bits per heavy atom. The molecule has 0 aliphatic rings. The van der Waals surface area contributed by atoms with Gasteiger partial charge in [0.2, 0.25) is 15.7 Å². The van der Waals surface area contributed by atoms with Crippen molar-refractivity contribution in [1.29, 1.82) is 0 Å². The summed E-state index contributed by atoms with van der Waals surface area (Å²) in [5.41, 5.74) is 1.03. The Bertz CT molecular complexity index is 1450. The molecule has 6 nitrogen and oxygen atoms in total. The third-order valence-electron chi connectivity index (χ3n) is 5.43. The van der Waals surface area contributed by atoms with Gasteiger partial charge in [-0.25, -0.2) is 8.42 Å². The highest BCUT2D eigenvalue weighted by molar-refractivity contribution is 7.98. The first-order valence-electron chi connectivity index (χ1n) is 11.1. The van der Waals surface area contributed by atoms with Crippen molar-refractivity contribution in [2.75, 3.05) is 30.0 Å². The van der Waals surface area contributed by atoms with Gasteiger partial charge in [0.25, 0.3) is 0 Å². The number of anilines is 2. The zero-order valence-corrected chi connectivity index (χ0v) is 21.1. The molecular weight excluding hydrogens is 480 g/mol. The van der Waals surface area contributed by atoms with Crippen LogP contribution in [0.25, 0.3) is 10.8 Å². The summed E-state index contributed by atoms with van der Waals surface area (Å²) < 4.78 is 32.5. The average Bonchev–Trinajstić information content (AvgIpc) is 2.88. The summed E-state index contributed by atoms with van der Waals surface area (Å²) in [4.78, 5) is 13.9. The minimum atomic E-state index is -3.85. The van der Waals surface area contributed by atoms with E-state index in [1.807, 2.05) is 55.6 Å². The van der Waals surface area contributed by atoms with Crippen molar-refractivity contribution in [2.45, 2.75) is 21.6 Å². The molecular formula is C27H26N2O4S2. The Hall–Kier alpha value is -3.49. The second-order valence-electron chi connectivity index (χ2n) is 7.70. The van der Waals surface area contributed by atoms with Gasteiger partial charge in [-0.2, -0.15) is 0 Å². The number of benzene rings is 4. The molecule has 0 bridgehead atoms. The molecule has 8 heteroatoms. The Morgan fingerprint density at radius 1 is 0.914 bits per heavy atom. The molecule has 0 saturated carbocycles. The highest BCUT2D eigenvalue weighted by atomic mass is 32.2. The smallest absolute Gasteiger partial charge is 0.243 e. The fourth-order valence-electron chi connectivity index (χ4n) is 3.71. The lowest BCUT2D eigenvalue weighted by Crippen LogP contribution is -2.22. The predicted molar refractivity (Wildman–Crippen MR) is 142 cm³/mol. The Balaban J connectivity index is 1.59. The first kappa shape index (κ1) is 24.6. The first-order valence-corrected chi connectivity index (χ1v) is 13.8. The standard InChI is InChI=1S/C27H26N2O4S2/c1-3-33-20-11-16-25(26(17-20)35(31,32)22-14-12-21(34-2)13-15-22)28-18-27(30)29-24-10-6-8-19-7-4-5-9-23(19)24/h4-17,28H,3,18H2,1-2H3,(H,29,30). The summed E-state index contributed by atoms with van der Waals surface area (Å²) in [6, 6.07) is 25.0. The quantitative estimate of drug-likeness (QED) is 0.277. The monoisotopic (exact) mass is 506 g/mol. The molecule has 2 N–H and O–H groups in total. The van der Waals surface area contributed by atoms with E-state index in [-0.39, 0.29) is 22.2 Å². The van der Waals surface area contributed by atoms with Crippen LogP contribution in [0.5, 0.6) is 5.75 Å². The molecule has 0 saturated heterocycles. The van der Waals surface area contributed by atoms with Crippen molar-refractivity contribution >= 4 is 49.7 Å². The lowest BCUT2D eigenvalue weighted by Gasteiger charge is -2.15. The molecule has 4 aromatic carbocycles. The molecule has 0 unspecified atom stereocenters. The highest BCUT2D eigenvalue weighted by Gasteiger charge is 2.23. The number of carbonyl (C=O) groups excluding carboxylic acids is 1. The predicted octanol–water partition coefficient (Wildman–Crippen LogP) is 5.84. The van der Waals surface area contributed by atoms with Crippen molar-refractivity contribution in [1.82, 2.24) is 0 Å². The third-order valence-corrected chi connectivity index (χ3v) is 7.98. The van der Waals surface area contributed by atoms with E-state index in [9.17, 15) is 13.2 Å². The van der Waals surface area contributed by atoms with Crippen molar-refractivity contribution in [3.8, 4) is 5.75 Å². The van der Waals surface area contributed by atoms with E-state index in [0.717, 1.165) is 15.7 Å². The zero-order chi connectivity index (χ0) is 24.8. The SMILES string of the molecule is CCOc1ccc(NCC(=O)Nc2cccc3ccccc23)c(S(=O)(=O)c2ccc(SC)cc2)c1. The first-order chi connectivity index (χ1) is 16.9. The van der Waals surface area contributed by atoms with E-state index < -0.39 is 9.84 Å². The van der Waals surface area contributed by atoms with E-state index in [2.05, 4.69) is 10.6 Å². The molecule has 0 heterocycles. The highest BCUT2D eigenvalue weighted by Crippen LogP contribution is 2.32. The second-order valence-corrected chi connectivity index (χ2v) is 10.5. The molecule has 1 amide bonds. The Kier molecular flexibility index (Phi) is 7.63. The number of hydrogen-bond acceptors (Lipinski definition) is 6. The molecule has 0 radical (unpaired) electrons. The maximum atomic E-state index is 13.5. The summed E-state index contributed by atoms with van der Waals surface area (Å²) in [6.45, 7) is 2.13. The number of sulfone groups is 1. The molecule has 35 heavy (non-hydrogen) atoms. The molecule has 0 aliphatic heterocycles. The van der Waals surface area contributed by atoms with Crippen LogP contribution in [0.4, 0.5) is 11.4 Å². The summed E-state index contributed by atoms with van der Waals surface area (Å²) >= 11 is 1.54. The van der Waals surface area contributed by atoms with Gasteiger partial charge in [-0.05, 0) is 61.0 Å². The van der Waals surface area contributed by atoms with E-state index in [1.165, 1.54) is 17.8 Å². The summed E-state index contributed by atoms with van der Waals surface area (Å²) in [5, 5.41) is 7.86. The average molecular weight is 507 g/mol. The summed E-state index contributed by atoms with van der Waals surface area (Å²) in [5.74, 6) is 0.153. The summed E-state index contributed by atoms with van der Waals surface area (Å²) in [6.07, 6.45) is 1.93. The van der Waals surface area contributed by atoms with Gasteiger partial charge in [0.1, 0.15) is 5.75 Å². The maximum Gasteiger partial charge on any atom is 0.243 e. The van der Waals surface area contributed by atoms with Gasteiger partial charge in [-0.15, -0.1) is 11.8 Å². The van der Waals surface area contributed by atoms with E-state index in [0.29, 0.717) is 23.7 Å². The molecule has 0 aliphatic carbocycles. The van der Waals surface area contributed by atoms with E-state index in [4.69, 9.17) is 4.74 Å². The van der Waals surface area contributed by atoms with Crippen molar-refractivity contribution in [3.05, 3.63) is 84.9 Å². The second kappa shape index (κ2) is 10.8. The molecule has 0 fully saturated rings. The van der Waals surface area contributed by atoms with Crippen LogP contribution in [0, 0.1) is 0 Å². The van der Waals surface area contributed by atoms with Gasteiger partial charge in [0, 0.05) is 22.0 Å². The Labute approximate surface area is 209 Å². The van der Waals surface area contributed by atoms with Crippen LogP contribution in [-0.2, 0) is 14.6 Å². The van der Waals surface area contributed by atoms with Crippen LogP contribution in [0.3, 0.4) is 0 Å². The largest absolute Gasteiger partial charge is 0.494 e. The third kappa shape index (κ3) is 5.61. The molecule has 0 aromatic heterocycles. The minimum absolute atomic E-state index is 0.0540. The van der Waals surface area contributed by atoms with Crippen LogP contribution in [0.1, 0.15) is 6.92 Å². The topological polar surface area (TPSA) is 84.5 Å². The van der Waals surface area contributed by atoms with Gasteiger partial charge in [0.15, 0.2) is 0 Å². The van der Waals surface area contributed by atoms with Crippen molar-refractivity contribution < 1.29 is 17.9 Å². The van der Waals surface area contributed by atoms with Crippen LogP contribution in [-0.4, -0.2) is 33.7 Å². The van der Waals surface area contributed by atoms with Gasteiger partial charge in [0.05, 0.1) is 28.6 Å². The van der Waals surface area contributed by atoms with Gasteiger partial charge in [-0.1, -0.05) is 36.4 Å². The number of hydrogen-bond donors (Lipinski definition) is 2. The van der Waals surface area contributed by atoms with E-state index >= 15 is 0 Å². The number of nitrogens with one attached hydrogen (secondary N) is 2. The van der Waals surface area contributed by atoms with Gasteiger partial charge in [-0.3, -0.25) is 4.79 Å². The number of carbonyl (C=O) groups is 1. The van der Waals surface area contributed by atoms with Gasteiger partial charge >= 0.3 is 0 Å². The van der Waals surface area contributed by atoms with Crippen molar-refractivity contribution in [2.24, 2.45) is 0 Å². The maximum absolute atomic E-state index is 13.5. The zero-order valence-electron chi connectivity index (χ0n) is 19.4. The van der Waals surface area contributed by atoms with Gasteiger partial charge < -0.3 is 15.4 Å². The van der Waals surface area contributed by atoms with E-state index in [1.54, 1.807) is 36.4 Å². The Morgan fingerprint density at radius 2 is 1.66 bits per heavy atom. The number of rotatable bonds is 9. The molecule has 180 valence electrons. The number of amides is 1. The van der Waals surface area contributed by atoms with Crippen LogP contribution in [0.15, 0.2) is 99.6 Å². The number of thioether (sulfide) groups is 1. The van der Waals surface area contributed by atoms with Crippen LogP contribution >= 0.6 is 11.8 Å². The molecule has 4 aromatic rings. The molecule has 0 spiro atoms. The minimum Gasteiger partial charge on any atom is -0.494 e. The van der Waals surface area contributed by atoms with Crippen LogP contribution in [0.2, 0.25) is 0 Å². The fraction of sp³-hybridized carbons (Fsp3) is 0.148. The summed E-state index contributed by atoms with van der Waals surface area (Å²) in [7, 11) is -3.85. The molecule has 4 rings (SSSR count). The fourth-order valence-corrected chi connectivity index (χ4v) is 5.57. The van der Waals surface area contributed by atoms with Crippen molar-refractivity contribution in [3.63, 3.8) is 0 Å². The number of fused-ring (bicyclic) bond motifs is 1. The van der Waals surface area contributed by atoms with Crippen LogP contribution < -0.4 is 15.4 Å². The lowest BCUT2D eigenvalue weighted by molar-refractivity contribution is -0.114. The normalized spacial score (nSPS) is 11.3. The lowest BCUT2D eigenvalue weighted by atomic mass is 10.1. The molecule has 0 atom stereocenters. The number of ether oxygens (including phenoxy) is 1.